The van der Waals surface area contributed by atoms with Crippen LogP contribution >= 0.6 is 0 Å². The lowest BCUT2D eigenvalue weighted by molar-refractivity contribution is 0.660. The highest BCUT2D eigenvalue weighted by Crippen LogP contribution is 2.63. The molecule has 1 heteroatoms. The average Bonchev–Trinajstić information content (AvgIpc) is 3.76. The second kappa shape index (κ2) is 12.3. The molecule has 10 rings (SSSR count). The van der Waals surface area contributed by atoms with Crippen molar-refractivity contribution in [1.82, 2.24) is 0 Å². The van der Waals surface area contributed by atoms with Gasteiger partial charge in [-0.2, -0.15) is 0 Å². The highest BCUT2D eigenvalue weighted by molar-refractivity contribution is 5.99. The van der Waals surface area contributed by atoms with E-state index in [1.54, 1.807) is 0 Å². The predicted octanol–water partition coefficient (Wildman–Crippen LogP) is 14.3. The van der Waals surface area contributed by atoms with Gasteiger partial charge in [0.15, 0.2) is 0 Å². The number of hydrogen-bond acceptors (Lipinski definition) is 1. The van der Waals surface area contributed by atoms with Crippen molar-refractivity contribution in [3.05, 3.63) is 227 Å². The molecule has 0 radical (unpaired) electrons. The maximum Gasteiger partial charge on any atom is 0.0726 e. The van der Waals surface area contributed by atoms with Gasteiger partial charge in [-0.25, -0.2) is 0 Å². The van der Waals surface area contributed by atoms with Crippen molar-refractivity contribution < 1.29 is 0 Å². The molecule has 1 unspecified atom stereocenters. The van der Waals surface area contributed by atoms with E-state index in [0.29, 0.717) is 0 Å². The van der Waals surface area contributed by atoms with Crippen molar-refractivity contribution in [3.8, 4) is 33.4 Å². The van der Waals surface area contributed by atoms with E-state index < -0.39 is 5.41 Å². The first-order valence-corrected chi connectivity index (χ1v) is 19.4. The normalized spacial score (nSPS) is 16.9. The molecule has 0 amide bonds. The van der Waals surface area contributed by atoms with Crippen LogP contribution in [0.4, 0.5) is 17.1 Å². The standard InChI is InChI=1S/C54H43N/c1-6-14-41-43-16-9-12-19-49(43)54(47(41)7-2)50-20-13-10-17-44(50)46-32-30-40(34-52(46)54)55(38-27-25-37(26-28-38)36-23-21-35(3)22-24-36)39-29-31-45-42-15-8-11-18-48(42)53(4,5)51(45)33-39/h6-34H,2H2,1,3-5H3/b14-6-. The Morgan fingerprint density at radius 2 is 0.964 bits per heavy atom. The molecule has 0 aliphatic heterocycles. The van der Waals surface area contributed by atoms with E-state index in [9.17, 15) is 0 Å². The largest absolute Gasteiger partial charge is 0.310 e. The van der Waals surface area contributed by atoms with Gasteiger partial charge in [0.25, 0.3) is 0 Å². The van der Waals surface area contributed by atoms with Gasteiger partial charge < -0.3 is 4.90 Å². The maximum absolute atomic E-state index is 4.48. The van der Waals surface area contributed by atoms with E-state index in [4.69, 9.17) is 0 Å². The number of nitrogens with zero attached hydrogens (tertiary/aromatic N) is 1. The summed E-state index contributed by atoms with van der Waals surface area (Å²) in [5.74, 6) is 0. The summed E-state index contributed by atoms with van der Waals surface area (Å²) in [6, 6.07) is 59.0. The van der Waals surface area contributed by atoms with E-state index in [1.165, 1.54) is 83.5 Å². The Morgan fingerprint density at radius 3 is 1.58 bits per heavy atom. The zero-order valence-corrected chi connectivity index (χ0v) is 31.9. The topological polar surface area (TPSA) is 3.24 Å². The lowest BCUT2D eigenvalue weighted by Gasteiger charge is -2.33. The Bertz CT molecular complexity index is 2760. The summed E-state index contributed by atoms with van der Waals surface area (Å²) >= 11 is 0. The van der Waals surface area contributed by atoms with Gasteiger partial charge in [-0.05, 0) is 128 Å². The zero-order chi connectivity index (χ0) is 37.5. The van der Waals surface area contributed by atoms with E-state index in [0.717, 1.165) is 17.1 Å². The number of fused-ring (bicyclic) bond motifs is 10. The Labute approximate surface area is 325 Å². The van der Waals surface area contributed by atoms with Crippen molar-refractivity contribution in [2.45, 2.75) is 38.5 Å². The smallest absolute Gasteiger partial charge is 0.0726 e. The van der Waals surface area contributed by atoms with Gasteiger partial charge in [0.2, 0.25) is 0 Å². The van der Waals surface area contributed by atoms with Crippen LogP contribution in [0.3, 0.4) is 0 Å². The Balaban J connectivity index is 1.21. The minimum Gasteiger partial charge on any atom is -0.310 e. The van der Waals surface area contributed by atoms with Crippen LogP contribution in [0.25, 0.3) is 39.0 Å². The minimum absolute atomic E-state index is 0.118. The first kappa shape index (κ1) is 33.2. The van der Waals surface area contributed by atoms with E-state index in [2.05, 4.69) is 215 Å². The van der Waals surface area contributed by atoms with Gasteiger partial charge in [-0.1, -0.05) is 166 Å². The molecular weight excluding hydrogens is 663 g/mol. The summed E-state index contributed by atoms with van der Waals surface area (Å²) in [5.41, 5.74) is 22.1. The molecule has 1 spiro atoms. The van der Waals surface area contributed by atoms with Crippen molar-refractivity contribution in [1.29, 1.82) is 0 Å². The fourth-order valence-corrected chi connectivity index (χ4v) is 9.96. The van der Waals surface area contributed by atoms with E-state index >= 15 is 0 Å². The lowest BCUT2D eigenvalue weighted by atomic mass is 9.69. The molecule has 0 N–H and O–H groups in total. The third-order valence-corrected chi connectivity index (χ3v) is 12.5. The Morgan fingerprint density at radius 1 is 0.491 bits per heavy atom. The van der Waals surface area contributed by atoms with E-state index in [-0.39, 0.29) is 5.41 Å². The SMILES string of the molecule is C=CC1=C(/C=C\C)c2ccccc2C12c1ccccc1-c1ccc(N(c3ccc(-c4ccc(C)cc4)cc3)c3ccc4c(c3)C(C)(C)c3ccccc3-4)cc12. The molecule has 0 aromatic heterocycles. The number of benzene rings is 7. The molecule has 3 aliphatic carbocycles. The van der Waals surface area contributed by atoms with Crippen LogP contribution < -0.4 is 4.90 Å². The summed E-state index contributed by atoms with van der Waals surface area (Å²) in [5, 5.41) is 0. The summed E-state index contributed by atoms with van der Waals surface area (Å²) < 4.78 is 0. The average molecular weight is 706 g/mol. The minimum atomic E-state index is -0.488. The monoisotopic (exact) mass is 705 g/mol. The number of allylic oxidation sites excluding steroid dienone is 5. The maximum atomic E-state index is 4.48. The highest BCUT2D eigenvalue weighted by atomic mass is 15.1. The van der Waals surface area contributed by atoms with Crippen LogP contribution in [0, 0.1) is 6.92 Å². The summed E-state index contributed by atoms with van der Waals surface area (Å²) in [6.45, 7) is 13.4. The molecule has 0 fully saturated rings. The van der Waals surface area contributed by atoms with Crippen LogP contribution in [0.2, 0.25) is 0 Å². The fraction of sp³-hybridized carbons (Fsp3) is 0.111. The van der Waals surface area contributed by atoms with Gasteiger partial charge in [-0.15, -0.1) is 0 Å². The van der Waals surface area contributed by atoms with Crippen molar-refractivity contribution in [2.75, 3.05) is 4.90 Å². The highest BCUT2D eigenvalue weighted by Gasteiger charge is 2.52. The van der Waals surface area contributed by atoms with Gasteiger partial charge >= 0.3 is 0 Å². The van der Waals surface area contributed by atoms with Crippen molar-refractivity contribution in [3.63, 3.8) is 0 Å². The molecule has 0 saturated carbocycles. The molecule has 0 heterocycles. The number of rotatable bonds is 6. The van der Waals surface area contributed by atoms with E-state index in [1.807, 2.05) is 0 Å². The Hall–Kier alpha value is -6.44. The number of hydrogen-bond donors (Lipinski definition) is 0. The quantitative estimate of drug-likeness (QED) is 0.166. The molecule has 7 aromatic rings. The fourth-order valence-electron chi connectivity index (χ4n) is 9.96. The van der Waals surface area contributed by atoms with Crippen molar-refractivity contribution >= 4 is 22.6 Å². The van der Waals surface area contributed by atoms with Crippen LogP contribution in [-0.2, 0) is 10.8 Å². The zero-order valence-electron chi connectivity index (χ0n) is 31.9. The molecule has 7 aromatic carbocycles. The van der Waals surface area contributed by atoms with Crippen LogP contribution in [0.5, 0.6) is 0 Å². The third kappa shape index (κ3) is 4.66. The molecule has 1 nitrogen and oxygen atoms in total. The molecule has 264 valence electrons. The predicted molar refractivity (Wildman–Crippen MR) is 233 cm³/mol. The lowest BCUT2D eigenvalue weighted by Crippen LogP contribution is -2.27. The summed E-state index contributed by atoms with van der Waals surface area (Å²) in [4.78, 5) is 2.46. The molecule has 3 aliphatic rings. The summed E-state index contributed by atoms with van der Waals surface area (Å²) in [6.07, 6.45) is 6.53. The number of anilines is 3. The third-order valence-electron chi connectivity index (χ3n) is 12.5. The molecule has 55 heavy (non-hydrogen) atoms. The molecule has 1 atom stereocenters. The first-order valence-electron chi connectivity index (χ1n) is 19.4. The second-order valence-corrected chi connectivity index (χ2v) is 15.8. The van der Waals surface area contributed by atoms with Crippen LogP contribution in [-0.4, -0.2) is 0 Å². The molecule has 0 saturated heterocycles. The first-order chi connectivity index (χ1) is 26.9. The summed E-state index contributed by atoms with van der Waals surface area (Å²) in [7, 11) is 0. The van der Waals surface area contributed by atoms with Crippen LogP contribution in [0.15, 0.2) is 188 Å². The number of aryl methyl sites for hydroxylation is 1. The molecule has 0 bridgehead atoms. The van der Waals surface area contributed by atoms with Gasteiger partial charge in [0.05, 0.1) is 5.41 Å². The van der Waals surface area contributed by atoms with Crippen molar-refractivity contribution in [2.24, 2.45) is 0 Å². The van der Waals surface area contributed by atoms with Crippen LogP contribution in [0.1, 0.15) is 59.7 Å². The molecular formula is C54H43N. The van der Waals surface area contributed by atoms with Gasteiger partial charge in [-0.3, -0.25) is 0 Å². The second-order valence-electron chi connectivity index (χ2n) is 15.8. The Kier molecular flexibility index (Phi) is 7.41. The van der Waals surface area contributed by atoms with Gasteiger partial charge in [0, 0.05) is 22.5 Å². The van der Waals surface area contributed by atoms with Gasteiger partial charge in [0.1, 0.15) is 0 Å².